The van der Waals surface area contributed by atoms with Crippen molar-refractivity contribution in [2.45, 2.75) is 59.7 Å². The van der Waals surface area contributed by atoms with Crippen LogP contribution in [0.15, 0.2) is 12.0 Å². The van der Waals surface area contributed by atoms with E-state index in [1.165, 1.54) is 0 Å². The highest BCUT2D eigenvalue weighted by atomic mass is 28.4. The number of hydrogen-bond donors (Lipinski definition) is 0. The molecular weight excluding hydrogens is 372 g/mol. The number of ether oxygens (including phenoxy) is 1. The zero-order chi connectivity index (χ0) is 20.8. The van der Waals surface area contributed by atoms with Gasteiger partial charge in [0.25, 0.3) is 5.95 Å². The highest BCUT2D eigenvalue weighted by molar-refractivity contribution is 6.70. The van der Waals surface area contributed by atoms with E-state index in [0.717, 1.165) is 12.8 Å². The summed E-state index contributed by atoms with van der Waals surface area (Å²) in [4.78, 5) is 37.5. The minimum atomic E-state index is -1.86. The molecule has 0 saturated heterocycles. The van der Waals surface area contributed by atoms with Crippen LogP contribution in [0, 0.1) is 41.4 Å². The molecule has 0 spiro atoms. The molecule has 156 valence electrons. The van der Waals surface area contributed by atoms with Crippen LogP contribution in [-0.2, 0) is 23.5 Å². The van der Waals surface area contributed by atoms with Crippen molar-refractivity contribution in [2.75, 3.05) is 6.61 Å². The minimum absolute atomic E-state index is 0.0283. The maximum atomic E-state index is 13.0. The highest BCUT2D eigenvalue weighted by Crippen LogP contribution is 2.59. The zero-order valence-corrected chi connectivity index (χ0v) is 19.0. The first-order valence-corrected chi connectivity index (χ1v) is 14.1. The first-order chi connectivity index (χ1) is 13.0. The SMILES string of the molecule is CCO/C(=C\C(=O)C1CC2CC1C(C)C2C1C(=O)CC(=O)C1C)O[Si](C)(C)C. The van der Waals surface area contributed by atoms with Gasteiger partial charge in [0.15, 0.2) is 5.78 Å². The van der Waals surface area contributed by atoms with Crippen LogP contribution in [0.2, 0.25) is 19.6 Å². The number of Topliss-reactive ketones (excluding diaryl/α,β-unsaturated/α-hetero) is 2. The van der Waals surface area contributed by atoms with Gasteiger partial charge in [-0.15, -0.1) is 0 Å². The molecule has 3 aliphatic rings. The van der Waals surface area contributed by atoms with Crippen molar-refractivity contribution in [3.8, 4) is 0 Å². The normalized spacial score (nSPS) is 38.2. The Hall–Kier alpha value is -1.43. The van der Waals surface area contributed by atoms with Gasteiger partial charge >= 0.3 is 0 Å². The molecule has 0 aromatic rings. The fraction of sp³-hybridized carbons (Fsp3) is 0.773. The van der Waals surface area contributed by atoms with E-state index in [1.807, 2.05) is 13.8 Å². The lowest BCUT2D eigenvalue weighted by atomic mass is 9.66. The molecule has 3 saturated carbocycles. The number of fused-ring (bicyclic) bond motifs is 2. The standard InChI is InChI=1S/C22H34O5Si/c1-7-26-20(27-28(4,5)6)11-18(24)16-9-14-8-15(16)12(2)21(14)22-13(3)17(23)10-19(22)25/h11-16,21-22H,7-10H2,1-6H3/b20-11+. The van der Waals surface area contributed by atoms with Gasteiger partial charge < -0.3 is 9.16 Å². The van der Waals surface area contributed by atoms with Crippen molar-refractivity contribution in [1.29, 1.82) is 0 Å². The Morgan fingerprint density at radius 2 is 1.82 bits per heavy atom. The van der Waals surface area contributed by atoms with Crippen LogP contribution in [0.25, 0.3) is 0 Å². The van der Waals surface area contributed by atoms with Gasteiger partial charge in [0, 0.05) is 17.8 Å². The van der Waals surface area contributed by atoms with Gasteiger partial charge in [0.2, 0.25) is 8.32 Å². The van der Waals surface area contributed by atoms with E-state index in [4.69, 9.17) is 9.16 Å². The third-order valence-corrected chi connectivity index (χ3v) is 7.79. The Kier molecular flexibility index (Phi) is 5.90. The van der Waals surface area contributed by atoms with Crippen molar-refractivity contribution < 1.29 is 23.5 Å². The summed E-state index contributed by atoms with van der Waals surface area (Å²) >= 11 is 0. The Labute approximate surface area is 169 Å². The topological polar surface area (TPSA) is 69.7 Å². The number of ketones is 3. The van der Waals surface area contributed by atoms with Crippen LogP contribution in [0.3, 0.4) is 0 Å². The highest BCUT2D eigenvalue weighted by Gasteiger charge is 2.58. The van der Waals surface area contributed by atoms with Gasteiger partial charge in [0.05, 0.1) is 19.1 Å². The molecular formula is C22H34O5Si. The third kappa shape index (κ3) is 3.98. The van der Waals surface area contributed by atoms with E-state index >= 15 is 0 Å². The largest absolute Gasteiger partial charge is 0.520 e. The summed E-state index contributed by atoms with van der Waals surface area (Å²) in [6, 6.07) is 0. The second kappa shape index (κ2) is 7.77. The quantitative estimate of drug-likeness (QED) is 0.277. The van der Waals surface area contributed by atoms with Crippen LogP contribution in [0.4, 0.5) is 0 Å². The molecule has 0 heterocycles. The number of allylic oxidation sites excluding steroid dienone is 1. The summed E-state index contributed by atoms with van der Waals surface area (Å²) in [6.45, 7) is 12.6. The Morgan fingerprint density at radius 1 is 1.14 bits per heavy atom. The van der Waals surface area contributed by atoms with Gasteiger partial charge in [-0.05, 0) is 63.1 Å². The maximum Gasteiger partial charge on any atom is 0.268 e. The van der Waals surface area contributed by atoms with E-state index in [9.17, 15) is 14.4 Å². The van der Waals surface area contributed by atoms with E-state index in [1.54, 1.807) is 6.08 Å². The predicted octanol–water partition coefficient (Wildman–Crippen LogP) is 3.99. The molecule has 3 rings (SSSR count). The zero-order valence-electron chi connectivity index (χ0n) is 18.0. The van der Waals surface area contributed by atoms with E-state index in [0.29, 0.717) is 18.5 Å². The van der Waals surface area contributed by atoms with Crippen molar-refractivity contribution in [2.24, 2.45) is 41.4 Å². The first kappa shape index (κ1) is 21.3. The molecule has 7 atom stereocenters. The lowest BCUT2D eigenvalue weighted by Crippen LogP contribution is -2.37. The third-order valence-electron chi connectivity index (χ3n) is 6.98. The molecule has 0 N–H and O–H groups in total. The van der Waals surface area contributed by atoms with Crippen LogP contribution < -0.4 is 0 Å². The summed E-state index contributed by atoms with van der Waals surface area (Å²) in [5, 5.41) is 0. The molecule has 7 unspecified atom stereocenters. The number of rotatable bonds is 7. The lowest BCUT2D eigenvalue weighted by molar-refractivity contribution is -0.125. The number of carbonyl (C=O) groups excluding carboxylic acids is 3. The van der Waals surface area contributed by atoms with E-state index in [-0.39, 0.29) is 59.3 Å². The van der Waals surface area contributed by atoms with Crippen LogP contribution in [0.1, 0.15) is 40.0 Å². The molecule has 5 nitrogen and oxygen atoms in total. The molecule has 0 radical (unpaired) electrons. The minimum Gasteiger partial charge on any atom is -0.520 e. The molecule has 0 amide bonds. The van der Waals surface area contributed by atoms with Crippen LogP contribution in [0.5, 0.6) is 0 Å². The number of hydrogen-bond acceptors (Lipinski definition) is 5. The molecule has 6 heteroatoms. The average molecular weight is 407 g/mol. The van der Waals surface area contributed by atoms with Gasteiger partial charge in [-0.3, -0.25) is 14.4 Å². The first-order valence-electron chi connectivity index (χ1n) is 10.7. The van der Waals surface area contributed by atoms with Gasteiger partial charge in [0.1, 0.15) is 11.6 Å². The molecule has 28 heavy (non-hydrogen) atoms. The second-order valence-corrected chi connectivity index (χ2v) is 14.3. The van der Waals surface area contributed by atoms with Gasteiger partial charge in [-0.2, -0.15) is 0 Å². The molecule has 0 aromatic carbocycles. The Morgan fingerprint density at radius 3 is 2.32 bits per heavy atom. The van der Waals surface area contributed by atoms with Gasteiger partial charge in [-0.25, -0.2) is 0 Å². The lowest BCUT2D eigenvalue weighted by Gasteiger charge is -2.37. The molecule has 0 aliphatic heterocycles. The molecule has 2 bridgehead atoms. The summed E-state index contributed by atoms with van der Waals surface area (Å²) in [5.41, 5.74) is 0. The monoisotopic (exact) mass is 406 g/mol. The Balaban J connectivity index is 1.73. The van der Waals surface area contributed by atoms with Crippen LogP contribution >= 0.6 is 0 Å². The summed E-state index contributed by atoms with van der Waals surface area (Å²) in [7, 11) is -1.86. The van der Waals surface area contributed by atoms with E-state index in [2.05, 4.69) is 26.6 Å². The summed E-state index contributed by atoms with van der Waals surface area (Å²) in [6.07, 6.45) is 3.46. The summed E-state index contributed by atoms with van der Waals surface area (Å²) in [5.74, 6) is 1.49. The predicted molar refractivity (Wildman–Crippen MR) is 109 cm³/mol. The smallest absolute Gasteiger partial charge is 0.268 e. The second-order valence-electron chi connectivity index (χ2n) is 9.88. The summed E-state index contributed by atoms with van der Waals surface area (Å²) < 4.78 is 11.5. The van der Waals surface area contributed by atoms with E-state index < -0.39 is 8.32 Å². The Bertz CT molecular complexity index is 690. The fourth-order valence-electron chi connectivity index (χ4n) is 5.91. The maximum absolute atomic E-state index is 13.0. The average Bonchev–Trinajstić information content (AvgIpc) is 3.19. The van der Waals surface area contributed by atoms with Crippen molar-refractivity contribution >= 4 is 25.7 Å². The fourth-order valence-corrected chi connectivity index (χ4v) is 6.64. The molecule has 3 aliphatic carbocycles. The number of carbonyl (C=O) groups is 3. The van der Waals surface area contributed by atoms with Crippen molar-refractivity contribution in [1.82, 2.24) is 0 Å². The van der Waals surface area contributed by atoms with Gasteiger partial charge in [-0.1, -0.05) is 13.8 Å². The van der Waals surface area contributed by atoms with Crippen LogP contribution in [-0.4, -0.2) is 32.3 Å². The van der Waals surface area contributed by atoms with Crippen molar-refractivity contribution in [3.63, 3.8) is 0 Å². The molecule has 0 aromatic heterocycles. The van der Waals surface area contributed by atoms with Crippen molar-refractivity contribution in [3.05, 3.63) is 12.0 Å². The molecule has 3 fully saturated rings.